The van der Waals surface area contributed by atoms with Gasteiger partial charge in [0.15, 0.2) is 5.11 Å². The number of methoxy groups -OCH3 is 1. The zero-order valence-corrected chi connectivity index (χ0v) is 13.4. The van der Waals surface area contributed by atoms with Crippen molar-refractivity contribution in [3.05, 3.63) is 46.7 Å². The summed E-state index contributed by atoms with van der Waals surface area (Å²) in [5, 5.41) is 5.65. The number of thiocarbonyl (C=S) groups is 1. The van der Waals surface area contributed by atoms with Gasteiger partial charge >= 0.3 is 5.97 Å². The fraction of sp³-hybridized carbons (Fsp3) is 0.333. The maximum absolute atomic E-state index is 14.1. The average molecular weight is 342 g/mol. The first-order valence-corrected chi connectivity index (χ1v) is 7.24. The van der Waals surface area contributed by atoms with Gasteiger partial charge in [-0.15, -0.1) is 0 Å². The molecule has 0 radical (unpaired) electrons. The first-order chi connectivity index (χ1) is 11.0. The largest absolute Gasteiger partial charge is 0.460 e. The Morgan fingerprint density at radius 2 is 1.96 bits per heavy atom. The Balaban J connectivity index is 2.40. The molecule has 8 heteroatoms. The van der Waals surface area contributed by atoms with E-state index in [4.69, 9.17) is 21.7 Å². The zero-order valence-electron chi connectivity index (χ0n) is 12.6. The van der Waals surface area contributed by atoms with Crippen molar-refractivity contribution in [3.63, 3.8) is 0 Å². The fourth-order valence-electron chi connectivity index (χ4n) is 2.26. The molecule has 0 bridgehead atoms. The Bertz CT molecular complexity index is 644. The van der Waals surface area contributed by atoms with Gasteiger partial charge in [0.05, 0.1) is 23.8 Å². The van der Waals surface area contributed by atoms with Gasteiger partial charge in [-0.1, -0.05) is 6.07 Å². The SMILES string of the molecule is COCCOC(=O)C1=C(C)NC(=S)NC1c1c(F)cccc1F. The molecule has 2 rings (SSSR count). The van der Waals surface area contributed by atoms with Gasteiger partial charge in [-0.25, -0.2) is 13.6 Å². The summed E-state index contributed by atoms with van der Waals surface area (Å²) in [6, 6.07) is 2.42. The van der Waals surface area contributed by atoms with Crippen LogP contribution in [-0.4, -0.2) is 31.4 Å². The van der Waals surface area contributed by atoms with Gasteiger partial charge in [-0.3, -0.25) is 0 Å². The summed E-state index contributed by atoms with van der Waals surface area (Å²) < 4.78 is 38.1. The van der Waals surface area contributed by atoms with Crippen LogP contribution < -0.4 is 10.6 Å². The molecule has 0 fully saturated rings. The van der Waals surface area contributed by atoms with Crippen molar-refractivity contribution in [2.45, 2.75) is 13.0 Å². The molecule has 0 aliphatic carbocycles. The summed E-state index contributed by atoms with van der Waals surface area (Å²) in [7, 11) is 1.47. The normalized spacial score (nSPS) is 17.6. The monoisotopic (exact) mass is 342 g/mol. The topological polar surface area (TPSA) is 59.6 Å². The maximum atomic E-state index is 14.1. The standard InChI is InChI=1S/C15H16F2N2O3S/c1-8-11(14(20)22-7-6-21-2)13(19-15(23)18-8)12-9(16)4-3-5-10(12)17/h3-5,13H,6-7H2,1-2H3,(H2,18,19,23). The number of carbonyl (C=O) groups excluding carboxylic acids is 1. The molecule has 1 aliphatic heterocycles. The van der Waals surface area contributed by atoms with Gasteiger partial charge in [0.25, 0.3) is 0 Å². The molecule has 1 aromatic rings. The molecule has 1 aromatic carbocycles. The highest BCUT2D eigenvalue weighted by atomic mass is 32.1. The van der Waals surface area contributed by atoms with Crippen LogP contribution in [0.25, 0.3) is 0 Å². The van der Waals surface area contributed by atoms with Crippen molar-refractivity contribution in [2.24, 2.45) is 0 Å². The third-order valence-corrected chi connectivity index (χ3v) is 3.52. The second kappa shape index (κ2) is 7.47. The van der Waals surface area contributed by atoms with E-state index in [0.717, 1.165) is 12.1 Å². The van der Waals surface area contributed by atoms with Crippen LogP contribution in [0.1, 0.15) is 18.5 Å². The summed E-state index contributed by atoms with van der Waals surface area (Å²) in [4.78, 5) is 12.3. The van der Waals surface area contributed by atoms with Crippen LogP contribution in [0.5, 0.6) is 0 Å². The number of esters is 1. The van der Waals surface area contributed by atoms with Crippen LogP contribution in [0.3, 0.4) is 0 Å². The number of allylic oxidation sites excluding steroid dienone is 1. The van der Waals surface area contributed by atoms with Crippen molar-refractivity contribution in [1.29, 1.82) is 0 Å². The molecule has 23 heavy (non-hydrogen) atoms. The molecule has 0 spiro atoms. The zero-order chi connectivity index (χ0) is 17.0. The molecule has 0 saturated carbocycles. The van der Waals surface area contributed by atoms with Crippen molar-refractivity contribution >= 4 is 23.3 Å². The Morgan fingerprint density at radius 3 is 2.57 bits per heavy atom. The highest BCUT2D eigenvalue weighted by Crippen LogP contribution is 2.31. The van der Waals surface area contributed by atoms with Crippen LogP contribution >= 0.6 is 12.2 Å². The minimum atomic E-state index is -1.07. The Morgan fingerprint density at radius 1 is 1.30 bits per heavy atom. The van der Waals surface area contributed by atoms with Gasteiger partial charge in [0.1, 0.15) is 18.2 Å². The Kier molecular flexibility index (Phi) is 5.62. The lowest BCUT2D eigenvalue weighted by molar-refractivity contribution is -0.140. The lowest BCUT2D eigenvalue weighted by atomic mass is 9.95. The van der Waals surface area contributed by atoms with E-state index in [2.05, 4.69) is 10.6 Å². The molecule has 0 amide bonds. The number of hydrogen-bond acceptors (Lipinski definition) is 4. The second-order valence-electron chi connectivity index (χ2n) is 4.83. The third-order valence-electron chi connectivity index (χ3n) is 3.30. The summed E-state index contributed by atoms with van der Waals surface area (Å²) in [5.74, 6) is -2.25. The molecule has 0 aromatic heterocycles. The molecule has 5 nitrogen and oxygen atoms in total. The Labute approximate surface area is 137 Å². The van der Waals surface area contributed by atoms with Crippen LogP contribution in [0, 0.1) is 11.6 Å². The number of hydrogen-bond donors (Lipinski definition) is 2. The number of carbonyl (C=O) groups is 1. The third kappa shape index (κ3) is 3.83. The van der Waals surface area contributed by atoms with Crippen LogP contribution in [0.2, 0.25) is 0 Å². The number of rotatable bonds is 5. The van der Waals surface area contributed by atoms with E-state index in [9.17, 15) is 13.6 Å². The van der Waals surface area contributed by atoms with E-state index in [-0.39, 0.29) is 29.5 Å². The number of ether oxygens (including phenoxy) is 2. The summed E-state index contributed by atoms with van der Waals surface area (Å²) in [6.45, 7) is 1.84. The van der Waals surface area contributed by atoms with E-state index in [1.807, 2.05) is 0 Å². The van der Waals surface area contributed by atoms with Crippen molar-refractivity contribution in [3.8, 4) is 0 Å². The lowest BCUT2D eigenvalue weighted by Crippen LogP contribution is -2.45. The first kappa shape index (κ1) is 17.3. The van der Waals surface area contributed by atoms with E-state index < -0.39 is 23.6 Å². The smallest absolute Gasteiger partial charge is 0.338 e. The highest BCUT2D eigenvalue weighted by Gasteiger charge is 2.34. The molecule has 1 unspecified atom stereocenters. The van der Waals surface area contributed by atoms with Crippen molar-refractivity contribution in [1.82, 2.24) is 10.6 Å². The molecule has 124 valence electrons. The van der Waals surface area contributed by atoms with Crippen LogP contribution in [0.15, 0.2) is 29.5 Å². The molecule has 1 heterocycles. The fourth-order valence-corrected chi connectivity index (χ4v) is 2.53. The minimum absolute atomic E-state index is 0.0308. The van der Waals surface area contributed by atoms with Gasteiger partial charge < -0.3 is 20.1 Å². The quantitative estimate of drug-likeness (QED) is 0.485. The molecule has 1 atom stereocenters. The van der Waals surface area contributed by atoms with Gasteiger partial charge in [0, 0.05) is 12.8 Å². The van der Waals surface area contributed by atoms with E-state index in [0.29, 0.717) is 5.70 Å². The average Bonchev–Trinajstić information content (AvgIpc) is 2.46. The van der Waals surface area contributed by atoms with Crippen LogP contribution in [-0.2, 0) is 14.3 Å². The van der Waals surface area contributed by atoms with Gasteiger partial charge in [-0.05, 0) is 31.3 Å². The molecule has 0 saturated heterocycles. The molecular weight excluding hydrogens is 326 g/mol. The van der Waals surface area contributed by atoms with E-state index in [1.54, 1.807) is 6.92 Å². The number of nitrogens with one attached hydrogen (secondary N) is 2. The summed E-state index contributed by atoms with van der Waals surface area (Å²) in [5.41, 5.74) is 0.164. The minimum Gasteiger partial charge on any atom is -0.460 e. The van der Waals surface area contributed by atoms with Crippen molar-refractivity contribution < 1.29 is 23.0 Å². The Hall–Kier alpha value is -2.06. The highest BCUT2D eigenvalue weighted by molar-refractivity contribution is 7.80. The predicted octanol–water partition coefficient (Wildman–Crippen LogP) is 1.95. The van der Waals surface area contributed by atoms with Crippen molar-refractivity contribution in [2.75, 3.05) is 20.3 Å². The van der Waals surface area contributed by atoms with Gasteiger partial charge in [-0.2, -0.15) is 0 Å². The number of benzene rings is 1. The maximum Gasteiger partial charge on any atom is 0.338 e. The summed E-state index contributed by atoms with van der Waals surface area (Å²) >= 11 is 5.02. The lowest BCUT2D eigenvalue weighted by Gasteiger charge is -2.30. The molecular formula is C15H16F2N2O3S. The van der Waals surface area contributed by atoms with Crippen LogP contribution in [0.4, 0.5) is 8.78 Å². The first-order valence-electron chi connectivity index (χ1n) is 6.84. The molecule has 2 N–H and O–H groups in total. The van der Waals surface area contributed by atoms with E-state index >= 15 is 0 Å². The number of halogens is 2. The second-order valence-corrected chi connectivity index (χ2v) is 5.24. The summed E-state index contributed by atoms with van der Waals surface area (Å²) in [6.07, 6.45) is 0. The molecule has 1 aliphatic rings. The van der Waals surface area contributed by atoms with E-state index in [1.165, 1.54) is 13.2 Å². The van der Waals surface area contributed by atoms with Gasteiger partial charge in [0.2, 0.25) is 0 Å². The predicted molar refractivity (Wildman–Crippen MR) is 83.5 cm³/mol.